The Morgan fingerprint density at radius 3 is 2.10 bits per heavy atom. The molecule has 0 saturated carbocycles. The highest BCUT2D eigenvalue weighted by atomic mass is 79.9. The fourth-order valence-corrected chi connectivity index (χ4v) is 7.35. The van der Waals surface area contributed by atoms with Crippen LogP contribution in [0.25, 0.3) is 0 Å². The molecule has 278 valence electrons. The summed E-state index contributed by atoms with van der Waals surface area (Å²) >= 11 is 9.81. The van der Waals surface area contributed by atoms with Crippen LogP contribution in [0.15, 0.2) is 36.4 Å². The number of Topliss-reactive ketones (excluding diaryl/α,β-unsaturated/α-hetero) is 1. The van der Waals surface area contributed by atoms with Crippen molar-refractivity contribution in [3.05, 3.63) is 52.5 Å². The Labute approximate surface area is 315 Å². The first-order chi connectivity index (χ1) is 23.6. The molecule has 2 aromatic carbocycles. The summed E-state index contributed by atoms with van der Waals surface area (Å²) in [5.41, 5.74) is -0.536. The molecule has 4 atom stereocenters. The van der Waals surface area contributed by atoms with Crippen molar-refractivity contribution in [3.8, 4) is 5.75 Å². The summed E-state index contributed by atoms with van der Waals surface area (Å²) in [7, 11) is 0. The van der Waals surface area contributed by atoms with E-state index in [-0.39, 0.29) is 33.9 Å². The molecule has 12 heteroatoms. The van der Waals surface area contributed by atoms with Gasteiger partial charge in [0.25, 0.3) is 17.7 Å². The quantitative estimate of drug-likeness (QED) is 0.0693. The highest BCUT2D eigenvalue weighted by Gasteiger charge is 2.73. The minimum absolute atomic E-state index is 0.0218. The number of anilines is 2. The third-order valence-electron chi connectivity index (χ3n) is 10.7. The van der Waals surface area contributed by atoms with Crippen LogP contribution in [0, 0.1) is 5.41 Å². The molecule has 0 radical (unpaired) electrons. The van der Waals surface area contributed by atoms with Gasteiger partial charge in [0, 0.05) is 16.7 Å². The first-order valence-electron chi connectivity index (χ1n) is 17.7. The number of carbonyl (C=O) groups is 5. The Balaban J connectivity index is 1.67. The van der Waals surface area contributed by atoms with E-state index in [2.05, 4.69) is 80.2 Å². The van der Waals surface area contributed by atoms with E-state index in [0.717, 1.165) is 23.3 Å². The molecule has 4 rings (SSSR count). The minimum Gasteiger partial charge on any atom is -0.480 e. The van der Waals surface area contributed by atoms with Gasteiger partial charge >= 0.3 is 6.03 Å². The van der Waals surface area contributed by atoms with Gasteiger partial charge in [0.05, 0.1) is 16.8 Å². The van der Waals surface area contributed by atoms with Crippen LogP contribution in [0.3, 0.4) is 0 Å². The number of ketones is 1. The van der Waals surface area contributed by atoms with E-state index in [9.17, 15) is 24.0 Å². The van der Waals surface area contributed by atoms with Crippen LogP contribution in [0.4, 0.5) is 16.2 Å². The van der Waals surface area contributed by atoms with Gasteiger partial charge in [-0.2, -0.15) is 0 Å². The van der Waals surface area contributed by atoms with Crippen LogP contribution in [-0.4, -0.2) is 57.1 Å². The first-order valence-corrected chi connectivity index (χ1v) is 19.0. The third kappa shape index (κ3) is 7.04. The van der Waals surface area contributed by atoms with Crippen molar-refractivity contribution in [2.24, 2.45) is 5.41 Å². The summed E-state index contributed by atoms with van der Waals surface area (Å²) in [6.07, 6.45) is 1.63. The van der Waals surface area contributed by atoms with Crippen molar-refractivity contribution < 1.29 is 28.7 Å². The second kappa shape index (κ2) is 14.5. The van der Waals surface area contributed by atoms with Crippen molar-refractivity contribution in [2.75, 3.05) is 10.2 Å². The molecule has 51 heavy (non-hydrogen) atoms. The predicted octanol–water partition coefficient (Wildman–Crippen LogP) is 8.26. The summed E-state index contributed by atoms with van der Waals surface area (Å²) in [4.78, 5) is 69.6. The van der Waals surface area contributed by atoms with E-state index in [0.29, 0.717) is 17.9 Å². The van der Waals surface area contributed by atoms with Gasteiger partial charge in [-0.15, -0.1) is 0 Å². The number of hydrogen-bond acceptors (Lipinski definition) is 6. The number of imide groups is 1. The topological polar surface area (TPSA) is 125 Å². The molecule has 10 nitrogen and oxygen atoms in total. The maximum atomic E-state index is 14.4. The number of nitrogens with one attached hydrogen (secondary N) is 2. The van der Waals surface area contributed by atoms with Crippen LogP contribution in [0.2, 0.25) is 5.02 Å². The fourth-order valence-electron chi connectivity index (χ4n) is 6.74. The number of carbonyl (C=O) groups excluding carboxylic acids is 5. The molecule has 2 fully saturated rings. The summed E-state index contributed by atoms with van der Waals surface area (Å²) in [6, 6.07) is 9.22. The Morgan fingerprint density at radius 2 is 1.59 bits per heavy atom. The number of benzene rings is 2. The number of amides is 5. The average Bonchev–Trinajstić information content (AvgIpc) is 3.33. The molecule has 3 unspecified atom stereocenters. The molecule has 2 aliphatic heterocycles. The van der Waals surface area contributed by atoms with Crippen LogP contribution in [-0.2, 0) is 30.0 Å². The monoisotopic (exact) mass is 786 g/mol. The molecule has 0 aliphatic carbocycles. The van der Waals surface area contributed by atoms with E-state index < -0.39 is 51.7 Å². The lowest BCUT2D eigenvalue weighted by Gasteiger charge is -2.58. The van der Waals surface area contributed by atoms with E-state index in [1.165, 1.54) is 10.5 Å². The predicted molar refractivity (Wildman–Crippen MR) is 205 cm³/mol. The second-order valence-electron chi connectivity index (χ2n) is 15.8. The van der Waals surface area contributed by atoms with Crippen molar-refractivity contribution in [2.45, 2.75) is 135 Å². The summed E-state index contributed by atoms with van der Waals surface area (Å²) in [5, 5.41) is 5.59. The normalized spacial score (nSPS) is 21.7. The summed E-state index contributed by atoms with van der Waals surface area (Å²) < 4.78 is 6.46. The van der Waals surface area contributed by atoms with Gasteiger partial charge in [-0.3, -0.25) is 19.2 Å². The number of nitrogens with zero attached hydrogens (tertiary/aromatic N) is 2. The van der Waals surface area contributed by atoms with E-state index in [1.54, 1.807) is 45.9 Å². The highest BCUT2D eigenvalue weighted by Crippen LogP contribution is 2.49. The molecule has 5 amide bonds. The number of hydrogen-bond donors (Lipinski definition) is 2. The number of rotatable bonds is 13. The van der Waals surface area contributed by atoms with Crippen molar-refractivity contribution in [1.82, 2.24) is 10.2 Å². The molecule has 2 N–H and O–H groups in total. The first kappa shape index (κ1) is 40.3. The van der Waals surface area contributed by atoms with Crippen molar-refractivity contribution in [1.29, 1.82) is 0 Å². The zero-order valence-electron chi connectivity index (χ0n) is 31.6. The Bertz CT molecular complexity index is 1740. The molecule has 0 aromatic heterocycles. The summed E-state index contributed by atoms with van der Waals surface area (Å²) in [5.74, 6) is -1.77. The summed E-state index contributed by atoms with van der Waals surface area (Å²) in [6.45, 7) is 21.7. The smallest absolute Gasteiger partial charge is 0.326 e. The standard InChI is InChI=1S/C39H52BrClN4O6/c1-12-27(51-28-19-16-22(37(8,9)14-3)20-24(28)38(10,11)15-4)31(46)42-23-17-18-25(41)26(21-23)44-29(13-2)39(34(44)49,33(48)36(5,6)7)45-32(47)30(40)43-35(45)50/h16-21,27,29-30H,12-15H2,1-11H3,(H,42,46)(H,43,50)/t27?,29?,30-,39?/m0/s1. The second-order valence-corrected chi connectivity index (χ2v) is 17.1. The third-order valence-corrected chi connectivity index (χ3v) is 11.6. The molecule has 0 bridgehead atoms. The molecular weight excluding hydrogens is 736 g/mol. The maximum Gasteiger partial charge on any atom is 0.326 e. The Hall–Kier alpha value is -3.44. The molecular formula is C39H52BrClN4O6. The molecule has 2 heterocycles. The van der Waals surface area contributed by atoms with Gasteiger partial charge in [0.1, 0.15) is 5.75 Å². The average molecular weight is 788 g/mol. The highest BCUT2D eigenvalue weighted by molar-refractivity contribution is 9.10. The van der Waals surface area contributed by atoms with Gasteiger partial charge < -0.3 is 20.3 Å². The molecule has 2 aliphatic rings. The van der Waals surface area contributed by atoms with Crippen LogP contribution >= 0.6 is 27.5 Å². The lowest BCUT2D eigenvalue weighted by molar-refractivity contribution is -0.161. The lowest BCUT2D eigenvalue weighted by Crippen LogP contribution is -2.85. The van der Waals surface area contributed by atoms with Gasteiger partial charge in [-0.25, -0.2) is 9.69 Å². The number of ether oxygens (including phenoxy) is 1. The maximum absolute atomic E-state index is 14.4. The number of halogens is 2. The van der Waals surface area contributed by atoms with Crippen LogP contribution in [0.1, 0.15) is 113 Å². The van der Waals surface area contributed by atoms with Crippen molar-refractivity contribution >= 4 is 68.4 Å². The SMILES string of the molecule is CCC(Oc1ccc(C(C)(C)CC)cc1C(C)(C)CC)C(=O)Nc1ccc(Cl)c(N2C(=O)C(C(=O)C(C)(C)C)(N3C(=O)N[C@H](Br)C3=O)C2CC)c1. The van der Waals surface area contributed by atoms with Gasteiger partial charge in [0.2, 0.25) is 5.54 Å². The fraction of sp³-hybridized carbons (Fsp3) is 0.564. The van der Waals surface area contributed by atoms with Gasteiger partial charge in [-0.1, -0.05) is 116 Å². The molecule has 2 saturated heterocycles. The molecule has 2 aromatic rings. The zero-order valence-corrected chi connectivity index (χ0v) is 34.0. The van der Waals surface area contributed by atoms with E-state index >= 15 is 0 Å². The zero-order chi connectivity index (χ0) is 38.4. The number of β-lactam (4-membered cyclic amide) rings is 1. The van der Waals surface area contributed by atoms with Gasteiger partial charge in [0.15, 0.2) is 16.8 Å². The van der Waals surface area contributed by atoms with Crippen LogP contribution in [0.5, 0.6) is 5.75 Å². The number of urea groups is 1. The van der Waals surface area contributed by atoms with E-state index in [4.69, 9.17) is 16.3 Å². The Morgan fingerprint density at radius 1 is 0.961 bits per heavy atom. The largest absolute Gasteiger partial charge is 0.480 e. The molecule has 0 spiro atoms. The van der Waals surface area contributed by atoms with E-state index in [1.807, 2.05) is 13.0 Å². The van der Waals surface area contributed by atoms with Crippen molar-refractivity contribution in [3.63, 3.8) is 0 Å². The Kier molecular flexibility index (Phi) is 11.5. The lowest BCUT2D eigenvalue weighted by atomic mass is 9.65. The van der Waals surface area contributed by atoms with Gasteiger partial charge in [-0.05, 0) is 66.3 Å². The van der Waals surface area contributed by atoms with Crippen LogP contribution < -0.4 is 20.3 Å². The number of alkyl halides is 1. The minimum atomic E-state index is -2.08.